The van der Waals surface area contributed by atoms with Crippen molar-refractivity contribution in [3.8, 4) is 0 Å². The molecule has 8 heteroatoms. The van der Waals surface area contributed by atoms with Crippen molar-refractivity contribution in [1.29, 1.82) is 0 Å². The van der Waals surface area contributed by atoms with Gasteiger partial charge in [-0.1, -0.05) is 0 Å². The average Bonchev–Trinajstić information content (AvgIpc) is 2.73. The molecule has 154 valence electrons. The Morgan fingerprint density at radius 2 is 1.97 bits per heavy atom. The minimum Gasteiger partial charge on any atom is -0.367 e. The Morgan fingerprint density at radius 1 is 1.17 bits per heavy atom. The lowest BCUT2D eigenvalue weighted by Gasteiger charge is -2.38. The van der Waals surface area contributed by atoms with Crippen LogP contribution in [-0.2, 0) is 4.79 Å². The molecule has 0 spiro atoms. The van der Waals surface area contributed by atoms with Gasteiger partial charge < -0.3 is 9.80 Å². The Labute approximate surface area is 170 Å². The first-order chi connectivity index (χ1) is 14.0. The number of anilines is 1. The van der Waals surface area contributed by atoms with Crippen molar-refractivity contribution in [3.63, 3.8) is 0 Å². The molecule has 1 aromatic heterocycles. The summed E-state index contributed by atoms with van der Waals surface area (Å²) in [6.07, 6.45) is 5.08. The largest absolute Gasteiger partial charge is 0.367 e. The van der Waals surface area contributed by atoms with Gasteiger partial charge >= 0.3 is 0 Å². The summed E-state index contributed by atoms with van der Waals surface area (Å²) < 4.78 is 0. The van der Waals surface area contributed by atoms with Gasteiger partial charge in [0.25, 0.3) is 5.69 Å². The van der Waals surface area contributed by atoms with Gasteiger partial charge in [-0.15, -0.1) is 0 Å². The molecular weight excluding hydrogens is 370 g/mol. The smallest absolute Gasteiger partial charge is 0.278 e. The van der Waals surface area contributed by atoms with Crippen LogP contribution in [-0.4, -0.2) is 70.9 Å². The second-order valence-electron chi connectivity index (χ2n) is 7.96. The van der Waals surface area contributed by atoms with Crippen molar-refractivity contribution in [2.75, 3.05) is 44.2 Å². The maximum Gasteiger partial charge on any atom is 0.278 e. The number of hydrogen-bond acceptors (Lipinski definition) is 6. The maximum atomic E-state index is 12.7. The molecular formula is C21H27N5O3. The van der Waals surface area contributed by atoms with Crippen molar-refractivity contribution in [2.24, 2.45) is 0 Å². The first kappa shape index (κ1) is 19.6. The third-order valence-corrected chi connectivity index (χ3v) is 6.12. The first-order valence-electron chi connectivity index (χ1n) is 10.3. The number of carbonyl (C=O) groups is 1. The number of carbonyl (C=O) groups excluding carboxylic acids is 1. The Hall–Kier alpha value is -2.74. The molecule has 1 amide bonds. The highest BCUT2D eigenvalue weighted by atomic mass is 16.6. The summed E-state index contributed by atoms with van der Waals surface area (Å²) in [6.45, 7) is 6.61. The number of pyridine rings is 1. The lowest BCUT2D eigenvalue weighted by Crippen LogP contribution is -2.52. The zero-order valence-corrected chi connectivity index (χ0v) is 16.8. The van der Waals surface area contributed by atoms with Crippen LogP contribution in [0.15, 0.2) is 30.5 Å². The molecule has 3 heterocycles. The molecule has 0 radical (unpaired) electrons. The number of aromatic nitrogens is 1. The summed E-state index contributed by atoms with van der Waals surface area (Å²) in [4.78, 5) is 34.5. The molecule has 0 saturated carbocycles. The van der Waals surface area contributed by atoms with E-state index in [1.807, 2.05) is 4.90 Å². The van der Waals surface area contributed by atoms with Crippen LogP contribution in [0.2, 0.25) is 0 Å². The number of hydrogen-bond donors (Lipinski definition) is 0. The molecule has 2 saturated heterocycles. The van der Waals surface area contributed by atoms with Crippen LogP contribution in [0.4, 0.5) is 11.4 Å². The quantitative estimate of drug-likeness (QED) is 0.583. The molecule has 1 atom stereocenters. The number of piperidine rings is 1. The number of piperazine rings is 1. The predicted octanol–water partition coefficient (Wildman–Crippen LogP) is 2.67. The normalized spacial score (nSPS) is 20.8. The van der Waals surface area contributed by atoms with E-state index in [1.54, 1.807) is 30.5 Å². The molecule has 4 rings (SSSR count). The molecule has 0 bridgehead atoms. The van der Waals surface area contributed by atoms with E-state index in [2.05, 4.69) is 21.7 Å². The van der Waals surface area contributed by atoms with Crippen LogP contribution in [0.1, 0.15) is 26.2 Å². The Morgan fingerprint density at radius 3 is 2.69 bits per heavy atom. The fourth-order valence-electron chi connectivity index (χ4n) is 4.45. The zero-order chi connectivity index (χ0) is 20.4. The summed E-state index contributed by atoms with van der Waals surface area (Å²) >= 11 is 0. The van der Waals surface area contributed by atoms with Gasteiger partial charge in [-0.3, -0.25) is 24.8 Å². The number of amides is 1. The monoisotopic (exact) mass is 397 g/mol. The Bertz CT molecular complexity index is 910. The highest BCUT2D eigenvalue weighted by Gasteiger charge is 2.27. The van der Waals surface area contributed by atoms with E-state index < -0.39 is 0 Å². The van der Waals surface area contributed by atoms with Crippen LogP contribution >= 0.6 is 0 Å². The molecule has 2 aromatic rings. The zero-order valence-electron chi connectivity index (χ0n) is 16.8. The van der Waals surface area contributed by atoms with Gasteiger partial charge in [-0.05, 0) is 44.4 Å². The summed E-state index contributed by atoms with van der Waals surface area (Å²) in [5.41, 5.74) is 1.66. The Kier molecular flexibility index (Phi) is 5.62. The van der Waals surface area contributed by atoms with Crippen molar-refractivity contribution < 1.29 is 9.72 Å². The molecule has 2 fully saturated rings. The fourth-order valence-corrected chi connectivity index (χ4v) is 4.45. The fraction of sp³-hybridized carbons (Fsp3) is 0.524. The van der Waals surface area contributed by atoms with Gasteiger partial charge in [-0.25, -0.2) is 0 Å². The van der Waals surface area contributed by atoms with Gasteiger partial charge in [0.2, 0.25) is 5.91 Å². The second-order valence-corrected chi connectivity index (χ2v) is 7.96. The first-order valence-corrected chi connectivity index (χ1v) is 10.3. The number of fused-ring (bicyclic) bond motifs is 1. The standard InChI is InChI=1S/C21H27N5O3/c1-16-5-2-3-10-25(16)20(27)15-23-11-13-24(14-12-23)19-8-7-18(26(28)29)17-6-4-9-22-21(17)19/h4,6-9,16H,2-3,5,10-15H2,1H3/t16-/m0/s1. The molecule has 2 aliphatic heterocycles. The molecule has 1 aromatic carbocycles. The van der Waals surface area contributed by atoms with E-state index in [0.717, 1.165) is 51.3 Å². The molecule has 8 nitrogen and oxygen atoms in total. The van der Waals surface area contributed by atoms with E-state index in [-0.39, 0.29) is 16.5 Å². The van der Waals surface area contributed by atoms with Crippen LogP contribution in [0.3, 0.4) is 0 Å². The number of nitro groups is 1. The van der Waals surface area contributed by atoms with Gasteiger partial charge in [0.05, 0.1) is 22.5 Å². The number of likely N-dealkylation sites (tertiary alicyclic amines) is 1. The second kappa shape index (κ2) is 8.32. The molecule has 0 unspecified atom stereocenters. The number of benzene rings is 1. The van der Waals surface area contributed by atoms with Crippen molar-refractivity contribution in [2.45, 2.75) is 32.2 Å². The summed E-state index contributed by atoms with van der Waals surface area (Å²) in [7, 11) is 0. The lowest BCUT2D eigenvalue weighted by atomic mass is 10.0. The van der Waals surface area contributed by atoms with Crippen molar-refractivity contribution in [3.05, 3.63) is 40.6 Å². The van der Waals surface area contributed by atoms with Gasteiger partial charge in [-0.2, -0.15) is 0 Å². The highest BCUT2D eigenvalue weighted by Crippen LogP contribution is 2.32. The SMILES string of the molecule is C[C@H]1CCCCN1C(=O)CN1CCN(c2ccc([N+](=O)[O-])c3cccnc23)CC1. The van der Waals surface area contributed by atoms with E-state index in [9.17, 15) is 14.9 Å². The summed E-state index contributed by atoms with van der Waals surface area (Å²) in [5.74, 6) is 0.230. The van der Waals surface area contributed by atoms with Gasteiger partial charge in [0, 0.05) is 51.0 Å². The van der Waals surface area contributed by atoms with Gasteiger partial charge in [0.1, 0.15) is 5.52 Å². The van der Waals surface area contributed by atoms with Crippen LogP contribution in [0.5, 0.6) is 0 Å². The van der Waals surface area contributed by atoms with E-state index in [0.29, 0.717) is 23.5 Å². The summed E-state index contributed by atoms with van der Waals surface area (Å²) in [6, 6.07) is 7.18. The van der Waals surface area contributed by atoms with E-state index >= 15 is 0 Å². The number of rotatable bonds is 4. The Balaban J connectivity index is 1.43. The van der Waals surface area contributed by atoms with Crippen LogP contribution < -0.4 is 4.90 Å². The molecule has 0 N–H and O–H groups in total. The molecule has 29 heavy (non-hydrogen) atoms. The maximum absolute atomic E-state index is 12.7. The van der Waals surface area contributed by atoms with E-state index in [1.165, 1.54) is 6.42 Å². The van der Waals surface area contributed by atoms with Crippen LogP contribution in [0.25, 0.3) is 10.9 Å². The number of nitrogens with zero attached hydrogens (tertiary/aromatic N) is 5. The third kappa shape index (κ3) is 4.03. The lowest BCUT2D eigenvalue weighted by molar-refractivity contribution is -0.383. The van der Waals surface area contributed by atoms with Crippen molar-refractivity contribution >= 4 is 28.2 Å². The summed E-state index contributed by atoms with van der Waals surface area (Å²) in [5, 5.41) is 11.9. The van der Waals surface area contributed by atoms with Gasteiger partial charge in [0.15, 0.2) is 0 Å². The minimum atomic E-state index is -0.362. The minimum absolute atomic E-state index is 0.0803. The third-order valence-electron chi connectivity index (χ3n) is 6.12. The number of non-ortho nitro benzene ring substituents is 1. The predicted molar refractivity (Wildman–Crippen MR) is 112 cm³/mol. The topological polar surface area (TPSA) is 82.8 Å². The van der Waals surface area contributed by atoms with E-state index in [4.69, 9.17) is 0 Å². The van der Waals surface area contributed by atoms with Crippen LogP contribution in [0, 0.1) is 10.1 Å². The molecule has 0 aliphatic carbocycles. The van der Waals surface area contributed by atoms with Crippen molar-refractivity contribution in [1.82, 2.24) is 14.8 Å². The average molecular weight is 397 g/mol. The highest BCUT2D eigenvalue weighted by molar-refractivity contribution is 5.97. The molecule has 2 aliphatic rings. The number of nitro benzene ring substituents is 1.